The smallest absolute Gasteiger partial charge is 0.260 e. The van der Waals surface area contributed by atoms with Gasteiger partial charge in [0, 0.05) is 13.1 Å². The molecule has 1 aromatic carbocycles. The van der Waals surface area contributed by atoms with Gasteiger partial charge in [0.25, 0.3) is 5.91 Å². The molecule has 2 N–H and O–H groups in total. The number of hydrogen-bond donors (Lipinski definition) is 1. The van der Waals surface area contributed by atoms with Crippen LogP contribution in [0.5, 0.6) is 5.75 Å². The lowest BCUT2D eigenvalue weighted by molar-refractivity contribution is -0.140. The molecule has 0 aromatic heterocycles. The van der Waals surface area contributed by atoms with Crippen molar-refractivity contribution < 1.29 is 14.3 Å². The highest BCUT2D eigenvalue weighted by Crippen LogP contribution is 2.34. The number of likely N-dealkylation sites (tertiary alicyclic amines) is 1. The second-order valence-corrected chi connectivity index (χ2v) is 5.48. The number of benzene rings is 1. The van der Waals surface area contributed by atoms with Gasteiger partial charge in [0.1, 0.15) is 5.75 Å². The molecule has 0 spiro atoms. The van der Waals surface area contributed by atoms with E-state index in [0.29, 0.717) is 31.7 Å². The summed E-state index contributed by atoms with van der Waals surface area (Å²) in [4.78, 5) is 25.5. The quantitative estimate of drug-likeness (QED) is 0.894. The third-order valence-corrected chi connectivity index (χ3v) is 4.38. The van der Waals surface area contributed by atoms with Crippen LogP contribution in [0, 0.1) is 5.41 Å². The molecule has 21 heavy (non-hydrogen) atoms. The van der Waals surface area contributed by atoms with Gasteiger partial charge in [0.15, 0.2) is 6.61 Å². The summed E-state index contributed by atoms with van der Waals surface area (Å²) < 4.78 is 5.46. The van der Waals surface area contributed by atoms with Crippen molar-refractivity contribution in [2.75, 3.05) is 19.7 Å². The monoisotopic (exact) mass is 290 g/mol. The van der Waals surface area contributed by atoms with E-state index in [0.717, 1.165) is 6.42 Å². The lowest BCUT2D eigenvalue weighted by atomic mass is 9.75. The number of hydrogen-bond acceptors (Lipinski definition) is 3. The molecule has 2 amide bonds. The zero-order valence-corrected chi connectivity index (χ0v) is 12.4. The Hall–Kier alpha value is -2.04. The van der Waals surface area contributed by atoms with Crippen LogP contribution in [0.25, 0.3) is 0 Å². The van der Waals surface area contributed by atoms with Gasteiger partial charge in [0.05, 0.1) is 5.41 Å². The van der Waals surface area contributed by atoms with Crippen LogP contribution in [0.1, 0.15) is 26.2 Å². The molecule has 1 fully saturated rings. The summed E-state index contributed by atoms with van der Waals surface area (Å²) in [5.74, 6) is 0.383. The number of carbonyl (C=O) groups is 2. The minimum atomic E-state index is -0.447. The molecule has 5 nitrogen and oxygen atoms in total. The fraction of sp³-hybridized carbons (Fsp3) is 0.500. The molecule has 1 saturated heterocycles. The number of carbonyl (C=O) groups excluding carboxylic acids is 2. The molecular formula is C16H22N2O3. The van der Waals surface area contributed by atoms with Crippen molar-refractivity contribution in [2.24, 2.45) is 11.1 Å². The number of rotatable bonds is 5. The second-order valence-electron chi connectivity index (χ2n) is 5.48. The highest BCUT2D eigenvalue weighted by atomic mass is 16.5. The van der Waals surface area contributed by atoms with Crippen molar-refractivity contribution in [3.05, 3.63) is 30.3 Å². The van der Waals surface area contributed by atoms with Crippen molar-refractivity contribution in [3.8, 4) is 5.75 Å². The normalized spacial score (nSPS) is 17.3. The molecule has 0 saturated carbocycles. The standard InChI is InChI=1S/C16H22N2O3/c1-2-16(15(17)20)8-10-18(11-9-16)14(19)12-21-13-6-4-3-5-7-13/h3-7H,2,8-12H2,1H3,(H2,17,20). The van der Waals surface area contributed by atoms with Crippen LogP contribution in [-0.2, 0) is 9.59 Å². The molecule has 2 rings (SSSR count). The van der Waals surface area contributed by atoms with Crippen LogP contribution in [0.2, 0.25) is 0 Å². The van der Waals surface area contributed by atoms with Gasteiger partial charge in [-0.3, -0.25) is 9.59 Å². The van der Waals surface area contributed by atoms with Gasteiger partial charge in [-0.15, -0.1) is 0 Å². The van der Waals surface area contributed by atoms with E-state index in [-0.39, 0.29) is 18.4 Å². The van der Waals surface area contributed by atoms with E-state index in [9.17, 15) is 9.59 Å². The lowest BCUT2D eigenvalue weighted by Gasteiger charge is -2.39. The van der Waals surface area contributed by atoms with Crippen molar-refractivity contribution >= 4 is 11.8 Å². The Morgan fingerprint density at radius 1 is 1.24 bits per heavy atom. The largest absolute Gasteiger partial charge is 0.484 e. The summed E-state index contributed by atoms with van der Waals surface area (Å²) in [5.41, 5.74) is 5.05. The molecule has 1 aromatic rings. The molecule has 0 aliphatic carbocycles. The Labute approximate surface area is 125 Å². The van der Waals surface area contributed by atoms with Gasteiger partial charge in [-0.25, -0.2) is 0 Å². The molecule has 1 heterocycles. The summed E-state index contributed by atoms with van der Waals surface area (Å²) in [6, 6.07) is 9.26. The summed E-state index contributed by atoms with van der Waals surface area (Å²) in [7, 11) is 0. The highest BCUT2D eigenvalue weighted by Gasteiger charge is 2.39. The first-order valence-corrected chi connectivity index (χ1v) is 7.33. The van der Waals surface area contributed by atoms with Crippen molar-refractivity contribution in [2.45, 2.75) is 26.2 Å². The van der Waals surface area contributed by atoms with Gasteiger partial charge in [-0.1, -0.05) is 25.1 Å². The molecule has 5 heteroatoms. The van der Waals surface area contributed by atoms with Gasteiger partial charge in [0.2, 0.25) is 5.91 Å². The number of nitrogens with two attached hydrogens (primary N) is 1. The number of ether oxygens (including phenoxy) is 1. The predicted molar refractivity (Wildman–Crippen MR) is 79.7 cm³/mol. The average molecular weight is 290 g/mol. The number of piperidine rings is 1. The summed E-state index contributed by atoms with van der Waals surface area (Å²) >= 11 is 0. The van der Waals surface area contributed by atoms with Crippen molar-refractivity contribution in [1.29, 1.82) is 0 Å². The number of para-hydroxylation sites is 1. The Balaban J connectivity index is 1.84. The Bertz CT molecular complexity index is 494. The minimum absolute atomic E-state index is 0.0275. The number of primary amides is 1. The molecule has 0 bridgehead atoms. The summed E-state index contributed by atoms with van der Waals surface area (Å²) in [6.45, 7) is 3.13. The summed E-state index contributed by atoms with van der Waals surface area (Å²) in [5, 5.41) is 0. The maximum absolute atomic E-state index is 12.1. The van der Waals surface area contributed by atoms with Crippen LogP contribution in [0.4, 0.5) is 0 Å². The minimum Gasteiger partial charge on any atom is -0.484 e. The molecule has 0 unspecified atom stereocenters. The number of nitrogens with zero attached hydrogens (tertiary/aromatic N) is 1. The van der Waals surface area contributed by atoms with Crippen molar-refractivity contribution in [1.82, 2.24) is 4.90 Å². The van der Waals surface area contributed by atoms with E-state index >= 15 is 0 Å². The van der Waals surface area contributed by atoms with Gasteiger partial charge in [-0.2, -0.15) is 0 Å². The van der Waals surface area contributed by atoms with Gasteiger partial charge >= 0.3 is 0 Å². The van der Waals surface area contributed by atoms with Gasteiger partial charge < -0.3 is 15.4 Å². The topological polar surface area (TPSA) is 72.6 Å². The van der Waals surface area contributed by atoms with Crippen LogP contribution < -0.4 is 10.5 Å². The molecule has 0 radical (unpaired) electrons. The molecule has 0 atom stereocenters. The fourth-order valence-electron chi connectivity index (χ4n) is 2.71. The highest BCUT2D eigenvalue weighted by molar-refractivity contribution is 5.82. The van der Waals surface area contributed by atoms with E-state index < -0.39 is 5.41 Å². The Morgan fingerprint density at radius 3 is 2.38 bits per heavy atom. The SMILES string of the molecule is CCC1(C(N)=O)CCN(C(=O)COc2ccccc2)CC1. The third kappa shape index (κ3) is 3.54. The predicted octanol–water partition coefficient (Wildman–Crippen LogP) is 1.57. The lowest BCUT2D eigenvalue weighted by Crippen LogP contribution is -2.49. The third-order valence-electron chi connectivity index (χ3n) is 4.38. The van der Waals surface area contributed by atoms with Crippen LogP contribution in [-0.4, -0.2) is 36.4 Å². The zero-order chi connectivity index (χ0) is 15.3. The van der Waals surface area contributed by atoms with E-state index in [2.05, 4.69) is 0 Å². The fourth-order valence-corrected chi connectivity index (χ4v) is 2.71. The maximum Gasteiger partial charge on any atom is 0.260 e. The van der Waals surface area contributed by atoms with Crippen LogP contribution in [0.3, 0.4) is 0 Å². The Morgan fingerprint density at radius 2 is 1.86 bits per heavy atom. The molecule has 1 aliphatic heterocycles. The first-order chi connectivity index (χ1) is 10.1. The van der Waals surface area contributed by atoms with Crippen molar-refractivity contribution in [3.63, 3.8) is 0 Å². The zero-order valence-electron chi connectivity index (χ0n) is 12.4. The van der Waals surface area contributed by atoms with Crippen LogP contribution in [0.15, 0.2) is 30.3 Å². The number of amides is 2. The maximum atomic E-state index is 12.1. The Kier molecular flexibility index (Phi) is 4.83. The molecular weight excluding hydrogens is 268 g/mol. The van der Waals surface area contributed by atoms with E-state index in [1.165, 1.54) is 0 Å². The van der Waals surface area contributed by atoms with E-state index in [4.69, 9.17) is 10.5 Å². The van der Waals surface area contributed by atoms with E-state index in [1.807, 2.05) is 37.3 Å². The average Bonchev–Trinajstić information content (AvgIpc) is 2.53. The second kappa shape index (κ2) is 6.61. The molecule has 1 aliphatic rings. The van der Waals surface area contributed by atoms with Crippen LogP contribution >= 0.6 is 0 Å². The van der Waals surface area contributed by atoms with E-state index in [1.54, 1.807) is 4.90 Å². The van der Waals surface area contributed by atoms with Gasteiger partial charge in [-0.05, 0) is 31.4 Å². The summed E-state index contributed by atoms with van der Waals surface area (Å²) in [6.07, 6.45) is 2.00. The first kappa shape index (κ1) is 15.4. The molecule has 114 valence electrons. The first-order valence-electron chi connectivity index (χ1n) is 7.33.